The summed E-state index contributed by atoms with van der Waals surface area (Å²) in [6.45, 7) is 7.11. The van der Waals surface area contributed by atoms with E-state index in [4.69, 9.17) is 0 Å². The van der Waals surface area contributed by atoms with Gasteiger partial charge in [0.15, 0.2) is 0 Å². The molecule has 0 bridgehead atoms. The average molecular weight is 243 g/mol. The molecule has 4 unspecified atom stereocenters. The van der Waals surface area contributed by atoms with Crippen LogP contribution in [0.4, 0.5) is 0 Å². The molecule has 1 fully saturated rings. The maximum absolute atomic E-state index is 3.61. The molecule has 1 heteroatoms. The van der Waals surface area contributed by atoms with E-state index in [9.17, 15) is 0 Å². The van der Waals surface area contributed by atoms with Gasteiger partial charge in [0.05, 0.1) is 0 Å². The van der Waals surface area contributed by atoms with E-state index in [-0.39, 0.29) is 0 Å². The summed E-state index contributed by atoms with van der Waals surface area (Å²) in [7, 11) is 0. The third-order valence-electron chi connectivity index (χ3n) is 5.34. The number of fused-ring (bicyclic) bond motifs is 1. The summed E-state index contributed by atoms with van der Waals surface area (Å²) in [6.07, 6.45) is 4.26. The molecule has 1 aromatic rings. The van der Waals surface area contributed by atoms with Crippen LogP contribution in [0.2, 0.25) is 0 Å². The number of benzene rings is 1. The first-order valence-corrected chi connectivity index (χ1v) is 7.54. The largest absolute Gasteiger partial charge is 0.312 e. The Hall–Kier alpha value is -0.820. The minimum Gasteiger partial charge on any atom is -0.312 e. The SMILES string of the molecule is CC1CCC(C2CNCc3ccccc32)CC1C. The zero-order chi connectivity index (χ0) is 12.5. The van der Waals surface area contributed by atoms with Crippen LogP contribution >= 0.6 is 0 Å². The Morgan fingerprint density at radius 1 is 1.06 bits per heavy atom. The van der Waals surface area contributed by atoms with E-state index in [1.54, 1.807) is 5.56 Å². The molecule has 0 radical (unpaired) electrons. The van der Waals surface area contributed by atoms with E-state index in [0.717, 1.165) is 30.2 Å². The van der Waals surface area contributed by atoms with E-state index in [0.29, 0.717) is 0 Å². The zero-order valence-electron chi connectivity index (χ0n) is 11.7. The smallest absolute Gasteiger partial charge is 0.0208 e. The third-order valence-corrected chi connectivity index (χ3v) is 5.34. The van der Waals surface area contributed by atoms with E-state index in [1.807, 2.05) is 0 Å². The van der Waals surface area contributed by atoms with E-state index >= 15 is 0 Å². The monoisotopic (exact) mass is 243 g/mol. The Labute approximate surface area is 111 Å². The Morgan fingerprint density at radius 2 is 1.89 bits per heavy atom. The number of nitrogens with one attached hydrogen (secondary N) is 1. The Morgan fingerprint density at radius 3 is 2.72 bits per heavy atom. The van der Waals surface area contributed by atoms with Gasteiger partial charge in [0.1, 0.15) is 0 Å². The standard InChI is InChI=1S/C17H25N/c1-12-7-8-14(9-13(12)2)17-11-18-10-15-5-3-4-6-16(15)17/h3-6,12-14,17-18H,7-11H2,1-2H3. The van der Waals surface area contributed by atoms with E-state index in [1.165, 1.54) is 31.4 Å². The second-order valence-electron chi connectivity index (χ2n) is 6.46. The minimum absolute atomic E-state index is 0.755. The van der Waals surface area contributed by atoms with Crippen LogP contribution in [0.3, 0.4) is 0 Å². The molecule has 98 valence electrons. The predicted octanol–water partition coefficient (Wildman–Crippen LogP) is 3.95. The van der Waals surface area contributed by atoms with Gasteiger partial charge < -0.3 is 5.32 Å². The molecule has 1 heterocycles. The summed E-state index contributed by atoms with van der Waals surface area (Å²) >= 11 is 0. The molecule has 1 aliphatic heterocycles. The van der Waals surface area contributed by atoms with Gasteiger partial charge in [0.25, 0.3) is 0 Å². The van der Waals surface area contributed by atoms with Crippen molar-refractivity contribution >= 4 is 0 Å². The lowest BCUT2D eigenvalue weighted by atomic mass is 9.68. The fourth-order valence-electron chi connectivity index (χ4n) is 3.90. The average Bonchev–Trinajstić information content (AvgIpc) is 2.41. The van der Waals surface area contributed by atoms with Crippen LogP contribution < -0.4 is 5.32 Å². The topological polar surface area (TPSA) is 12.0 Å². The van der Waals surface area contributed by atoms with Crippen LogP contribution in [0.15, 0.2) is 24.3 Å². The van der Waals surface area contributed by atoms with Crippen molar-refractivity contribution < 1.29 is 0 Å². The van der Waals surface area contributed by atoms with Gasteiger partial charge in [-0.3, -0.25) is 0 Å². The molecule has 0 amide bonds. The van der Waals surface area contributed by atoms with Gasteiger partial charge in [-0.2, -0.15) is 0 Å². The van der Waals surface area contributed by atoms with Gasteiger partial charge >= 0.3 is 0 Å². The lowest BCUT2D eigenvalue weighted by molar-refractivity contribution is 0.179. The highest BCUT2D eigenvalue weighted by atomic mass is 14.9. The molecule has 1 saturated carbocycles. The fraction of sp³-hybridized carbons (Fsp3) is 0.647. The summed E-state index contributed by atoms with van der Waals surface area (Å²) in [5, 5.41) is 3.61. The molecule has 1 aromatic carbocycles. The molecule has 1 aliphatic carbocycles. The second kappa shape index (κ2) is 5.05. The lowest BCUT2D eigenvalue weighted by Crippen LogP contribution is -2.35. The maximum Gasteiger partial charge on any atom is 0.0208 e. The molecular weight excluding hydrogens is 218 g/mol. The quantitative estimate of drug-likeness (QED) is 0.787. The first kappa shape index (κ1) is 12.2. The molecular formula is C17H25N. The molecule has 4 atom stereocenters. The van der Waals surface area contributed by atoms with Gasteiger partial charge in [-0.15, -0.1) is 0 Å². The van der Waals surface area contributed by atoms with Gasteiger partial charge in [0.2, 0.25) is 0 Å². The van der Waals surface area contributed by atoms with E-state index < -0.39 is 0 Å². The van der Waals surface area contributed by atoms with Crippen molar-refractivity contribution in [1.82, 2.24) is 5.32 Å². The second-order valence-corrected chi connectivity index (χ2v) is 6.46. The molecule has 3 rings (SSSR count). The van der Waals surface area contributed by atoms with E-state index in [2.05, 4.69) is 43.4 Å². The number of rotatable bonds is 1. The van der Waals surface area contributed by atoms with Crippen LogP contribution in [0.1, 0.15) is 50.2 Å². The lowest BCUT2D eigenvalue weighted by Gasteiger charge is -2.39. The number of hydrogen-bond donors (Lipinski definition) is 1. The maximum atomic E-state index is 3.61. The third kappa shape index (κ3) is 2.21. The normalized spacial score (nSPS) is 36.1. The Balaban J connectivity index is 1.81. The molecule has 0 aromatic heterocycles. The first-order chi connectivity index (χ1) is 8.75. The van der Waals surface area contributed by atoms with Gasteiger partial charge in [-0.1, -0.05) is 44.5 Å². The molecule has 2 aliphatic rings. The highest BCUT2D eigenvalue weighted by Crippen LogP contribution is 2.42. The molecule has 0 spiro atoms. The molecule has 1 nitrogen and oxygen atoms in total. The first-order valence-electron chi connectivity index (χ1n) is 7.54. The van der Waals surface area contributed by atoms with Crippen LogP contribution in [0.5, 0.6) is 0 Å². The van der Waals surface area contributed by atoms with Crippen molar-refractivity contribution in [1.29, 1.82) is 0 Å². The summed E-state index contributed by atoms with van der Waals surface area (Å²) in [6, 6.07) is 9.05. The summed E-state index contributed by atoms with van der Waals surface area (Å²) < 4.78 is 0. The van der Waals surface area contributed by atoms with Crippen LogP contribution in [-0.2, 0) is 6.54 Å². The van der Waals surface area contributed by atoms with Crippen molar-refractivity contribution in [3.8, 4) is 0 Å². The summed E-state index contributed by atoms with van der Waals surface area (Å²) in [5.41, 5.74) is 3.16. The highest BCUT2D eigenvalue weighted by Gasteiger charge is 2.32. The number of hydrogen-bond acceptors (Lipinski definition) is 1. The summed E-state index contributed by atoms with van der Waals surface area (Å²) in [5.74, 6) is 3.47. The summed E-state index contributed by atoms with van der Waals surface area (Å²) in [4.78, 5) is 0. The van der Waals surface area contributed by atoms with Crippen molar-refractivity contribution in [2.45, 2.75) is 45.6 Å². The Bertz CT molecular complexity index is 412. The molecule has 0 saturated heterocycles. The van der Waals surface area contributed by atoms with Crippen LogP contribution in [0.25, 0.3) is 0 Å². The van der Waals surface area contributed by atoms with Gasteiger partial charge in [-0.05, 0) is 47.6 Å². The van der Waals surface area contributed by atoms with Crippen molar-refractivity contribution in [3.05, 3.63) is 35.4 Å². The van der Waals surface area contributed by atoms with Crippen molar-refractivity contribution in [2.75, 3.05) is 6.54 Å². The fourth-order valence-corrected chi connectivity index (χ4v) is 3.90. The van der Waals surface area contributed by atoms with Crippen molar-refractivity contribution in [2.24, 2.45) is 17.8 Å². The molecule has 1 N–H and O–H groups in total. The zero-order valence-corrected chi connectivity index (χ0v) is 11.7. The Kier molecular flexibility index (Phi) is 3.43. The van der Waals surface area contributed by atoms with Gasteiger partial charge in [-0.25, -0.2) is 0 Å². The van der Waals surface area contributed by atoms with Crippen LogP contribution in [0, 0.1) is 17.8 Å². The minimum atomic E-state index is 0.755. The van der Waals surface area contributed by atoms with Crippen LogP contribution in [-0.4, -0.2) is 6.54 Å². The van der Waals surface area contributed by atoms with Gasteiger partial charge in [0, 0.05) is 13.1 Å². The van der Waals surface area contributed by atoms with Crippen molar-refractivity contribution in [3.63, 3.8) is 0 Å². The predicted molar refractivity (Wildman–Crippen MR) is 76.6 cm³/mol. The highest BCUT2D eigenvalue weighted by molar-refractivity contribution is 5.33. The molecule has 18 heavy (non-hydrogen) atoms.